The van der Waals surface area contributed by atoms with Gasteiger partial charge in [-0.15, -0.1) is 0 Å². The number of nitrogens with zero attached hydrogens (tertiary/aromatic N) is 1. The third-order valence-electron chi connectivity index (χ3n) is 13.1. The molecule has 9 heteroatoms. The largest absolute Gasteiger partial charge is 0.472 e. The van der Waals surface area contributed by atoms with Crippen molar-refractivity contribution in [2.45, 2.75) is 302 Å². The molecule has 0 aromatic heterocycles. The lowest BCUT2D eigenvalue weighted by Crippen LogP contribution is -2.46. The van der Waals surface area contributed by atoms with E-state index in [1.807, 2.05) is 21.1 Å². The van der Waals surface area contributed by atoms with Crippen molar-refractivity contribution in [2.75, 3.05) is 40.9 Å². The summed E-state index contributed by atoms with van der Waals surface area (Å²) in [6, 6.07) is -0.752. The van der Waals surface area contributed by atoms with Gasteiger partial charge in [-0.1, -0.05) is 271 Å². The summed E-state index contributed by atoms with van der Waals surface area (Å²) in [5.74, 6) is -0.142. The fourth-order valence-corrected chi connectivity index (χ4v) is 9.43. The lowest BCUT2D eigenvalue weighted by Gasteiger charge is -2.26. The predicted molar refractivity (Wildman–Crippen MR) is 272 cm³/mol. The standard InChI is InChI=1S/C54H111N2O6P/c1-6-8-10-12-14-15-16-17-18-19-20-21-22-23-24-25-26-27-28-29-30-31-32-33-34-35-36-37-38-39-40-42-44-46-48-54(58)55-52(53(57)47-45-43-41-13-11-9-7-2)51-62-63(59,60)61-50-49-56(3,4)5/h52-53,57H,6-51H2,1-5H3,(H-,55,58,59,60)/p+1. The van der Waals surface area contributed by atoms with Crippen LogP contribution < -0.4 is 5.32 Å². The van der Waals surface area contributed by atoms with Crippen LogP contribution in [0, 0.1) is 0 Å². The smallest absolute Gasteiger partial charge is 0.391 e. The van der Waals surface area contributed by atoms with Crippen LogP contribution in [-0.2, 0) is 18.4 Å². The number of carbonyl (C=O) groups excluding carboxylic acids is 1. The predicted octanol–water partition coefficient (Wildman–Crippen LogP) is 16.5. The Morgan fingerprint density at radius 1 is 0.476 bits per heavy atom. The Morgan fingerprint density at radius 3 is 1.06 bits per heavy atom. The lowest BCUT2D eigenvalue weighted by atomic mass is 10.0. The topological polar surface area (TPSA) is 105 Å². The number of hydrogen-bond acceptors (Lipinski definition) is 5. The molecular weight excluding hydrogens is 804 g/mol. The molecule has 3 N–H and O–H groups in total. The number of amides is 1. The number of phosphoric ester groups is 1. The molecule has 0 radical (unpaired) electrons. The molecule has 0 saturated heterocycles. The number of aliphatic hydroxyl groups is 1. The summed E-state index contributed by atoms with van der Waals surface area (Å²) in [5, 5.41) is 13.9. The molecule has 0 bridgehead atoms. The second kappa shape index (κ2) is 46.6. The number of hydrogen-bond donors (Lipinski definition) is 3. The number of aliphatic hydroxyl groups excluding tert-OH is 1. The quantitative estimate of drug-likeness (QED) is 0.0319. The van der Waals surface area contributed by atoms with E-state index in [1.165, 1.54) is 225 Å². The van der Waals surface area contributed by atoms with Gasteiger partial charge in [0.1, 0.15) is 13.2 Å². The van der Waals surface area contributed by atoms with Crippen LogP contribution in [0.15, 0.2) is 0 Å². The molecule has 0 heterocycles. The van der Waals surface area contributed by atoms with E-state index in [9.17, 15) is 19.4 Å². The first-order valence-electron chi connectivity index (χ1n) is 27.9. The Hall–Kier alpha value is -0.500. The number of rotatable bonds is 52. The second-order valence-corrected chi connectivity index (χ2v) is 22.1. The van der Waals surface area contributed by atoms with E-state index in [0.717, 1.165) is 38.5 Å². The molecule has 0 saturated carbocycles. The SMILES string of the molecule is CCCCCCCCCCCCCCCCCCCCCCCCCCCCCCCCCCCCC(=O)NC(COP(=O)(O)OCC[N+](C)(C)C)C(O)CCCCCCCCC. The van der Waals surface area contributed by atoms with Gasteiger partial charge in [0.2, 0.25) is 5.91 Å². The maximum Gasteiger partial charge on any atom is 0.472 e. The van der Waals surface area contributed by atoms with Gasteiger partial charge in [0.15, 0.2) is 0 Å². The van der Waals surface area contributed by atoms with Crippen LogP contribution in [-0.4, -0.2) is 73.4 Å². The number of unbranched alkanes of at least 4 members (excludes halogenated alkanes) is 39. The fraction of sp³-hybridized carbons (Fsp3) is 0.981. The molecule has 0 spiro atoms. The van der Waals surface area contributed by atoms with E-state index in [4.69, 9.17) is 9.05 Å². The fourth-order valence-electron chi connectivity index (χ4n) is 8.70. The molecule has 0 aromatic rings. The molecule has 8 nitrogen and oxygen atoms in total. The van der Waals surface area contributed by atoms with Crippen molar-refractivity contribution in [3.8, 4) is 0 Å². The molecule has 378 valence electrons. The van der Waals surface area contributed by atoms with E-state index in [2.05, 4.69) is 19.2 Å². The van der Waals surface area contributed by atoms with Crippen LogP contribution in [0.5, 0.6) is 0 Å². The Morgan fingerprint density at radius 2 is 0.762 bits per heavy atom. The third-order valence-corrected chi connectivity index (χ3v) is 14.1. The van der Waals surface area contributed by atoms with Crippen molar-refractivity contribution < 1.29 is 32.9 Å². The first kappa shape index (κ1) is 62.5. The summed E-state index contributed by atoms with van der Waals surface area (Å²) in [5.41, 5.74) is 0. The Bertz CT molecular complexity index is 994. The molecular formula is C54H112N2O6P+. The second-order valence-electron chi connectivity index (χ2n) is 20.7. The summed E-state index contributed by atoms with van der Waals surface area (Å²) < 4.78 is 23.6. The van der Waals surface area contributed by atoms with Crippen molar-refractivity contribution in [3.63, 3.8) is 0 Å². The molecule has 0 aromatic carbocycles. The van der Waals surface area contributed by atoms with Crippen LogP contribution in [0.1, 0.15) is 290 Å². The molecule has 3 unspecified atom stereocenters. The van der Waals surface area contributed by atoms with E-state index < -0.39 is 20.0 Å². The average Bonchev–Trinajstić information content (AvgIpc) is 3.24. The summed E-state index contributed by atoms with van der Waals surface area (Å²) in [6.07, 6.45) is 55.0. The van der Waals surface area contributed by atoms with Crippen LogP contribution in [0.2, 0.25) is 0 Å². The minimum atomic E-state index is -4.30. The number of carbonyl (C=O) groups is 1. The Balaban J connectivity index is 3.76. The van der Waals surface area contributed by atoms with Crippen molar-refractivity contribution >= 4 is 13.7 Å². The molecule has 63 heavy (non-hydrogen) atoms. The summed E-state index contributed by atoms with van der Waals surface area (Å²) in [7, 11) is 1.63. The van der Waals surface area contributed by atoms with Crippen molar-refractivity contribution in [2.24, 2.45) is 0 Å². The normalized spacial score (nSPS) is 14.0. The highest BCUT2D eigenvalue weighted by atomic mass is 31.2. The van der Waals surface area contributed by atoms with Gasteiger partial charge in [-0.05, 0) is 12.8 Å². The van der Waals surface area contributed by atoms with Crippen LogP contribution in [0.3, 0.4) is 0 Å². The van der Waals surface area contributed by atoms with Gasteiger partial charge in [0.05, 0.1) is 39.9 Å². The highest BCUT2D eigenvalue weighted by Gasteiger charge is 2.28. The number of quaternary nitrogens is 1. The van der Waals surface area contributed by atoms with E-state index in [0.29, 0.717) is 23.9 Å². The highest BCUT2D eigenvalue weighted by molar-refractivity contribution is 7.47. The first-order chi connectivity index (χ1) is 30.5. The highest BCUT2D eigenvalue weighted by Crippen LogP contribution is 2.43. The molecule has 0 fully saturated rings. The van der Waals surface area contributed by atoms with E-state index in [1.54, 1.807) is 0 Å². The molecule has 1 amide bonds. The van der Waals surface area contributed by atoms with Gasteiger partial charge in [-0.3, -0.25) is 13.8 Å². The van der Waals surface area contributed by atoms with E-state index >= 15 is 0 Å². The monoisotopic (exact) mass is 916 g/mol. The Labute approximate surface area is 393 Å². The van der Waals surface area contributed by atoms with Crippen molar-refractivity contribution in [3.05, 3.63) is 0 Å². The van der Waals surface area contributed by atoms with Gasteiger partial charge >= 0.3 is 7.82 Å². The van der Waals surface area contributed by atoms with Crippen LogP contribution in [0.25, 0.3) is 0 Å². The van der Waals surface area contributed by atoms with Crippen LogP contribution >= 0.6 is 7.82 Å². The molecule has 0 aliphatic heterocycles. The van der Waals surface area contributed by atoms with E-state index in [-0.39, 0.29) is 19.1 Å². The summed E-state index contributed by atoms with van der Waals surface area (Å²) >= 11 is 0. The van der Waals surface area contributed by atoms with Gasteiger partial charge in [-0.25, -0.2) is 4.57 Å². The van der Waals surface area contributed by atoms with Crippen molar-refractivity contribution in [1.82, 2.24) is 5.32 Å². The average molecular weight is 916 g/mol. The van der Waals surface area contributed by atoms with Gasteiger partial charge in [0.25, 0.3) is 0 Å². The van der Waals surface area contributed by atoms with Crippen LogP contribution in [0.4, 0.5) is 0 Å². The maximum atomic E-state index is 12.9. The zero-order valence-electron chi connectivity index (χ0n) is 43.1. The minimum absolute atomic E-state index is 0.0780. The van der Waals surface area contributed by atoms with Gasteiger partial charge in [-0.2, -0.15) is 0 Å². The van der Waals surface area contributed by atoms with Gasteiger partial charge < -0.3 is 19.8 Å². The molecule has 0 aliphatic rings. The zero-order valence-corrected chi connectivity index (χ0v) is 44.0. The number of phosphoric acid groups is 1. The summed E-state index contributed by atoms with van der Waals surface area (Å²) in [4.78, 5) is 23.1. The van der Waals surface area contributed by atoms with Crippen molar-refractivity contribution in [1.29, 1.82) is 0 Å². The number of likely N-dealkylation sites (N-methyl/N-ethyl adjacent to an activating group) is 1. The maximum absolute atomic E-state index is 12.9. The lowest BCUT2D eigenvalue weighted by molar-refractivity contribution is -0.870. The molecule has 0 rings (SSSR count). The molecule has 0 aliphatic carbocycles. The zero-order chi connectivity index (χ0) is 46.4. The first-order valence-corrected chi connectivity index (χ1v) is 29.4. The number of nitrogens with one attached hydrogen (secondary N) is 1. The minimum Gasteiger partial charge on any atom is -0.391 e. The molecule has 3 atom stereocenters. The Kier molecular flexibility index (Phi) is 46.2. The van der Waals surface area contributed by atoms with Gasteiger partial charge in [0, 0.05) is 6.42 Å². The summed E-state index contributed by atoms with van der Waals surface area (Å²) in [6.45, 7) is 4.87. The third kappa shape index (κ3) is 49.2.